The van der Waals surface area contributed by atoms with E-state index in [0.717, 1.165) is 62.1 Å². The number of fused-ring (bicyclic) bond motifs is 8. The van der Waals surface area contributed by atoms with E-state index in [0.29, 0.717) is 41.8 Å². The maximum Gasteiger partial charge on any atom is 0.130 e. The van der Waals surface area contributed by atoms with Gasteiger partial charge < -0.3 is 20.3 Å². The van der Waals surface area contributed by atoms with E-state index in [4.69, 9.17) is 0 Å². The topological polar surface area (TPSA) is 54.5 Å². The average molecular weight is 543 g/mol. The van der Waals surface area contributed by atoms with E-state index in [1.54, 1.807) is 6.07 Å². The number of hydrogen-bond acceptors (Lipinski definition) is 4. The van der Waals surface area contributed by atoms with Gasteiger partial charge in [0.05, 0.1) is 6.04 Å². The van der Waals surface area contributed by atoms with Crippen LogP contribution in [0.25, 0.3) is 10.9 Å². The zero-order chi connectivity index (χ0) is 27.1. The molecule has 1 saturated heterocycles. The Balaban J connectivity index is 1.24. The summed E-state index contributed by atoms with van der Waals surface area (Å²) >= 11 is 0. The first-order valence-electron chi connectivity index (χ1n) is 15.9. The number of likely N-dealkylation sites (tertiary alicyclic amines) is 1. The lowest BCUT2D eigenvalue weighted by Crippen LogP contribution is -2.60. The third kappa shape index (κ3) is 3.68. The number of para-hydroxylation sites is 1. The molecule has 4 bridgehead atoms. The molecule has 3 aliphatic heterocycles. The minimum absolute atomic E-state index is 0.0676. The van der Waals surface area contributed by atoms with Crippen molar-refractivity contribution in [3.8, 4) is 0 Å². The first kappa shape index (κ1) is 25.3. The van der Waals surface area contributed by atoms with E-state index in [1.807, 2.05) is 0 Å². The molecule has 6 aliphatic rings. The van der Waals surface area contributed by atoms with Crippen molar-refractivity contribution in [1.82, 2.24) is 14.8 Å². The van der Waals surface area contributed by atoms with E-state index in [-0.39, 0.29) is 18.5 Å². The molecule has 3 unspecified atom stereocenters. The number of benzene rings is 2. The highest BCUT2D eigenvalue weighted by molar-refractivity contribution is 5.85. The Bertz CT molecular complexity index is 1430. The number of unbranched alkanes of at least 4 members (excludes halogenated alkanes) is 1. The molecule has 9 rings (SSSR count). The average Bonchev–Trinajstić information content (AvgIpc) is 3.53. The van der Waals surface area contributed by atoms with Gasteiger partial charge in [0.15, 0.2) is 0 Å². The summed E-state index contributed by atoms with van der Waals surface area (Å²) < 4.78 is 16.7. The number of anilines is 1. The van der Waals surface area contributed by atoms with E-state index in [2.05, 4.69) is 64.3 Å². The third-order valence-corrected chi connectivity index (χ3v) is 11.4. The van der Waals surface area contributed by atoms with Crippen molar-refractivity contribution >= 4 is 16.6 Å². The molecule has 40 heavy (non-hydrogen) atoms. The zero-order valence-corrected chi connectivity index (χ0v) is 23.9. The molecule has 3 aromatic rings. The van der Waals surface area contributed by atoms with Crippen LogP contribution in [-0.4, -0.2) is 64.3 Å². The van der Waals surface area contributed by atoms with Gasteiger partial charge in [-0.15, -0.1) is 0 Å². The quantitative estimate of drug-likeness (QED) is 0.355. The standard InChI is InChI=1S/C34H43FN4O/c1-3-4-10-38-11-9-21(17-38)36-22-14-27-31-24-16-26(31)30(13-20(24)18-40)39-19(2)12-25-23-7-5-6-8-29(23)37-33(25)34(39)32(27)28(35)15-22/h5-8,14-15,19-21,24,26,30-31,34,36-37,40H,3-4,9-13,16-18H2,1-2H3/t19-,20+,21-,24?,26?,30+,31?,34-/m0/s1. The Morgan fingerprint density at radius 1 is 1.15 bits per heavy atom. The predicted octanol–water partition coefficient (Wildman–Crippen LogP) is 6.04. The van der Waals surface area contributed by atoms with Crippen LogP contribution in [0.4, 0.5) is 10.1 Å². The Morgan fingerprint density at radius 3 is 2.88 bits per heavy atom. The molecule has 4 fully saturated rings. The van der Waals surface area contributed by atoms with Gasteiger partial charge in [0, 0.05) is 65.7 Å². The number of aromatic nitrogens is 1. The molecule has 4 heterocycles. The van der Waals surface area contributed by atoms with Crippen molar-refractivity contribution in [2.75, 3.05) is 31.6 Å². The number of hydrogen-bond donors (Lipinski definition) is 3. The van der Waals surface area contributed by atoms with Crippen LogP contribution >= 0.6 is 0 Å². The lowest BCUT2D eigenvalue weighted by molar-refractivity contribution is -0.0897. The second-order valence-corrected chi connectivity index (χ2v) is 13.5. The molecule has 0 radical (unpaired) electrons. The fraction of sp³-hybridized carbons (Fsp3) is 0.588. The van der Waals surface area contributed by atoms with Gasteiger partial charge in [-0.1, -0.05) is 31.5 Å². The third-order valence-electron chi connectivity index (χ3n) is 11.4. The largest absolute Gasteiger partial charge is 0.396 e. The van der Waals surface area contributed by atoms with Gasteiger partial charge in [-0.2, -0.15) is 0 Å². The maximum atomic E-state index is 16.7. The van der Waals surface area contributed by atoms with Gasteiger partial charge in [0.25, 0.3) is 0 Å². The van der Waals surface area contributed by atoms with Gasteiger partial charge in [-0.3, -0.25) is 4.90 Å². The highest BCUT2D eigenvalue weighted by atomic mass is 19.1. The minimum atomic E-state index is -0.111. The monoisotopic (exact) mass is 542 g/mol. The van der Waals surface area contributed by atoms with Crippen molar-refractivity contribution in [3.63, 3.8) is 0 Å². The molecule has 2 aromatic carbocycles. The molecule has 0 amide bonds. The van der Waals surface area contributed by atoms with Gasteiger partial charge in [0.1, 0.15) is 5.82 Å². The van der Waals surface area contributed by atoms with Gasteiger partial charge in [-0.05, 0) is 98.6 Å². The van der Waals surface area contributed by atoms with E-state index < -0.39 is 0 Å². The lowest BCUT2D eigenvalue weighted by Gasteiger charge is -2.60. The van der Waals surface area contributed by atoms with Crippen molar-refractivity contribution in [3.05, 3.63) is 64.6 Å². The molecule has 1 aromatic heterocycles. The summed E-state index contributed by atoms with van der Waals surface area (Å²) in [7, 11) is 0. The smallest absolute Gasteiger partial charge is 0.130 e. The van der Waals surface area contributed by atoms with Crippen LogP contribution < -0.4 is 5.32 Å². The Kier molecular flexibility index (Phi) is 6.06. The normalized spacial score (nSPS) is 34.6. The molecule has 212 valence electrons. The molecule has 0 spiro atoms. The number of aliphatic hydroxyl groups is 1. The molecule has 5 nitrogen and oxygen atoms in total. The van der Waals surface area contributed by atoms with Crippen molar-refractivity contribution in [2.24, 2.45) is 17.8 Å². The number of nitrogens with zero attached hydrogens (tertiary/aromatic N) is 2. The van der Waals surface area contributed by atoms with E-state index >= 15 is 4.39 Å². The number of aromatic amines is 1. The summed E-state index contributed by atoms with van der Waals surface area (Å²) in [5.41, 5.74) is 6.74. The van der Waals surface area contributed by atoms with Gasteiger partial charge in [0.2, 0.25) is 0 Å². The lowest BCUT2D eigenvalue weighted by atomic mass is 9.49. The molecular weight excluding hydrogens is 499 g/mol. The Hall–Kier alpha value is -2.41. The number of halogens is 1. The van der Waals surface area contributed by atoms with Gasteiger partial charge in [-0.25, -0.2) is 4.39 Å². The summed E-state index contributed by atoms with van der Waals surface area (Å²) in [6.07, 6.45) is 6.73. The van der Waals surface area contributed by atoms with Crippen molar-refractivity contribution < 1.29 is 9.50 Å². The zero-order valence-electron chi connectivity index (χ0n) is 23.9. The summed E-state index contributed by atoms with van der Waals surface area (Å²) in [6.45, 7) is 8.14. The van der Waals surface area contributed by atoms with Crippen molar-refractivity contribution in [1.29, 1.82) is 0 Å². The van der Waals surface area contributed by atoms with Crippen LogP contribution in [0.2, 0.25) is 0 Å². The van der Waals surface area contributed by atoms with Crippen molar-refractivity contribution in [2.45, 2.75) is 82.5 Å². The first-order chi connectivity index (χ1) is 19.6. The fourth-order valence-corrected chi connectivity index (χ4v) is 9.63. The number of nitrogens with one attached hydrogen (secondary N) is 2. The molecule has 3 N–H and O–H groups in total. The van der Waals surface area contributed by atoms with E-state index in [9.17, 15) is 5.11 Å². The minimum Gasteiger partial charge on any atom is -0.396 e. The maximum absolute atomic E-state index is 16.7. The van der Waals surface area contributed by atoms with Crippen LogP contribution in [0.3, 0.4) is 0 Å². The fourth-order valence-electron chi connectivity index (χ4n) is 9.63. The SMILES string of the molecule is CCCCN1CC[C@H](Nc2cc(F)c3c(c2)C2C4CC2[C@@H](C[C@@H]4CO)N2[C@@H]3c3[nH]c4ccccc4c3C[C@@H]2C)C1. The van der Waals surface area contributed by atoms with E-state index in [1.165, 1.54) is 35.0 Å². The highest BCUT2D eigenvalue weighted by Crippen LogP contribution is 2.65. The van der Waals surface area contributed by atoms with Crippen LogP contribution in [0.5, 0.6) is 0 Å². The molecule has 3 aliphatic carbocycles. The summed E-state index contributed by atoms with van der Waals surface area (Å²) in [5, 5.41) is 15.5. The number of H-pyrrole nitrogens is 1. The summed E-state index contributed by atoms with van der Waals surface area (Å²) in [4.78, 5) is 8.99. The number of aliphatic hydroxyl groups excluding tert-OH is 1. The molecule has 6 heteroatoms. The van der Waals surface area contributed by atoms with Crippen LogP contribution in [-0.2, 0) is 6.42 Å². The second-order valence-electron chi connectivity index (χ2n) is 13.5. The Morgan fingerprint density at radius 2 is 2.02 bits per heavy atom. The Labute approximate surface area is 237 Å². The van der Waals surface area contributed by atoms with Crippen LogP contribution in [0, 0.1) is 23.6 Å². The van der Waals surface area contributed by atoms with Crippen LogP contribution in [0.15, 0.2) is 36.4 Å². The molecule has 8 atom stereocenters. The summed E-state index contributed by atoms with van der Waals surface area (Å²) in [6, 6.07) is 13.6. The van der Waals surface area contributed by atoms with Crippen LogP contribution in [0.1, 0.15) is 80.3 Å². The first-order valence-corrected chi connectivity index (χ1v) is 15.9. The predicted molar refractivity (Wildman–Crippen MR) is 158 cm³/mol. The number of rotatable bonds is 6. The molecular formula is C34H43FN4O. The second kappa shape index (κ2) is 9.57. The molecule has 3 saturated carbocycles. The highest BCUT2D eigenvalue weighted by Gasteiger charge is 2.60. The van der Waals surface area contributed by atoms with Gasteiger partial charge >= 0.3 is 0 Å². The summed E-state index contributed by atoms with van der Waals surface area (Å²) in [5.74, 6) is 1.55.